The zero-order valence-corrected chi connectivity index (χ0v) is 18.6. The maximum Gasteiger partial charge on any atom is 0.225 e. The van der Waals surface area contributed by atoms with Crippen molar-refractivity contribution < 1.29 is 14.3 Å². The summed E-state index contributed by atoms with van der Waals surface area (Å²) in [6.07, 6.45) is 1.10. The van der Waals surface area contributed by atoms with E-state index >= 15 is 0 Å². The number of benzene rings is 1. The second-order valence-corrected chi connectivity index (χ2v) is 9.30. The molecule has 0 bridgehead atoms. The van der Waals surface area contributed by atoms with Gasteiger partial charge in [0.15, 0.2) is 5.78 Å². The van der Waals surface area contributed by atoms with Gasteiger partial charge in [-0.2, -0.15) is 5.10 Å². The van der Waals surface area contributed by atoms with Gasteiger partial charge in [-0.3, -0.25) is 9.59 Å². The highest BCUT2D eigenvalue weighted by Crippen LogP contribution is 2.28. The molecule has 1 amide bonds. The topological polar surface area (TPSA) is 73.2 Å². The van der Waals surface area contributed by atoms with E-state index in [-0.39, 0.29) is 29.1 Å². The molecule has 1 aromatic carbocycles. The van der Waals surface area contributed by atoms with Gasteiger partial charge in [-0.1, -0.05) is 20.8 Å². The Morgan fingerprint density at radius 1 is 1.03 bits per heavy atom. The zero-order valence-electron chi connectivity index (χ0n) is 18.6. The summed E-state index contributed by atoms with van der Waals surface area (Å²) in [6.45, 7) is 12.4. The Bertz CT molecular complexity index is 853. The van der Waals surface area contributed by atoms with Crippen LogP contribution in [0.3, 0.4) is 0 Å². The molecular formula is C23H33N3O3. The van der Waals surface area contributed by atoms with Crippen molar-refractivity contribution in [2.45, 2.75) is 71.8 Å². The number of hydrogen-bond acceptors (Lipinski definition) is 4. The number of Topliss-reactive ketones (excluding diaryl/α,β-unsaturated/α-hetero) is 1. The molecule has 0 atom stereocenters. The minimum absolute atomic E-state index is 0.0233. The molecule has 1 aromatic heterocycles. The van der Waals surface area contributed by atoms with Crippen LogP contribution in [0.15, 0.2) is 30.3 Å². The Kier molecular flexibility index (Phi) is 6.88. The largest absolute Gasteiger partial charge is 0.497 e. The summed E-state index contributed by atoms with van der Waals surface area (Å²) < 4.78 is 6.96. The highest BCUT2D eigenvalue weighted by molar-refractivity contribution is 5.96. The van der Waals surface area contributed by atoms with Crippen molar-refractivity contribution >= 4 is 17.5 Å². The number of aromatic nitrogens is 2. The normalized spacial score (nSPS) is 12.0. The van der Waals surface area contributed by atoms with Crippen molar-refractivity contribution in [3.8, 4) is 5.75 Å². The third kappa shape index (κ3) is 6.17. The van der Waals surface area contributed by atoms with Crippen LogP contribution >= 0.6 is 0 Å². The van der Waals surface area contributed by atoms with Crippen molar-refractivity contribution in [3.63, 3.8) is 0 Å². The molecule has 6 heteroatoms. The van der Waals surface area contributed by atoms with Crippen LogP contribution in [0, 0.1) is 0 Å². The van der Waals surface area contributed by atoms with Crippen LogP contribution in [0.4, 0.5) is 5.82 Å². The molecule has 0 saturated carbocycles. The van der Waals surface area contributed by atoms with E-state index in [2.05, 4.69) is 46.9 Å². The lowest BCUT2D eigenvalue weighted by Gasteiger charge is -2.23. The standard InChI is InChI=1S/C23H33N3O3/c1-22(2,3)19-15-20(26(25-19)23(4,5)6)24-21(28)10-8-9-18(27)16-11-13-17(29-7)14-12-16/h11-15H,8-10H2,1-7H3,(H,24,28). The van der Waals surface area contributed by atoms with Crippen LogP contribution in [0.2, 0.25) is 0 Å². The van der Waals surface area contributed by atoms with E-state index < -0.39 is 0 Å². The second-order valence-electron chi connectivity index (χ2n) is 9.30. The van der Waals surface area contributed by atoms with E-state index in [1.54, 1.807) is 31.4 Å². The smallest absolute Gasteiger partial charge is 0.225 e. The number of rotatable bonds is 7. The van der Waals surface area contributed by atoms with Crippen LogP contribution in [0.25, 0.3) is 0 Å². The lowest BCUT2D eigenvalue weighted by molar-refractivity contribution is -0.116. The van der Waals surface area contributed by atoms with E-state index in [1.807, 2.05) is 10.7 Å². The minimum atomic E-state index is -0.254. The zero-order chi connectivity index (χ0) is 21.8. The fraction of sp³-hybridized carbons (Fsp3) is 0.522. The Balaban J connectivity index is 1.96. The maximum absolute atomic E-state index is 12.5. The number of nitrogens with one attached hydrogen (secondary N) is 1. The van der Waals surface area contributed by atoms with E-state index in [0.29, 0.717) is 30.0 Å². The number of ether oxygens (including phenoxy) is 1. The van der Waals surface area contributed by atoms with E-state index in [1.165, 1.54) is 0 Å². The van der Waals surface area contributed by atoms with Crippen LogP contribution < -0.4 is 10.1 Å². The van der Waals surface area contributed by atoms with E-state index in [4.69, 9.17) is 9.84 Å². The number of amides is 1. The Morgan fingerprint density at radius 3 is 2.17 bits per heavy atom. The molecule has 0 spiro atoms. The Morgan fingerprint density at radius 2 is 1.66 bits per heavy atom. The van der Waals surface area contributed by atoms with Gasteiger partial charge in [0.25, 0.3) is 0 Å². The summed E-state index contributed by atoms with van der Waals surface area (Å²) in [4.78, 5) is 24.8. The summed E-state index contributed by atoms with van der Waals surface area (Å²) in [6, 6.07) is 8.96. The van der Waals surface area contributed by atoms with Crippen molar-refractivity contribution in [3.05, 3.63) is 41.6 Å². The van der Waals surface area contributed by atoms with E-state index in [9.17, 15) is 9.59 Å². The molecule has 2 aromatic rings. The van der Waals surface area contributed by atoms with Crippen molar-refractivity contribution in [2.24, 2.45) is 0 Å². The van der Waals surface area contributed by atoms with Gasteiger partial charge in [-0.15, -0.1) is 0 Å². The van der Waals surface area contributed by atoms with Crippen LogP contribution in [0.1, 0.15) is 76.9 Å². The van der Waals surface area contributed by atoms with Gasteiger partial charge >= 0.3 is 0 Å². The number of anilines is 1. The third-order valence-electron chi connectivity index (χ3n) is 4.60. The fourth-order valence-corrected chi connectivity index (χ4v) is 2.88. The molecule has 6 nitrogen and oxygen atoms in total. The van der Waals surface area contributed by atoms with Gasteiger partial charge < -0.3 is 10.1 Å². The van der Waals surface area contributed by atoms with Crippen LogP contribution in [-0.4, -0.2) is 28.6 Å². The number of nitrogens with zero attached hydrogens (tertiary/aromatic N) is 2. The van der Waals surface area contributed by atoms with Crippen LogP contribution in [-0.2, 0) is 15.7 Å². The first-order chi connectivity index (χ1) is 13.4. The van der Waals surface area contributed by atoms with E-state index in [0.717, 1.165) is 5.69 Å². The number of methoxy groups -OCH3 is 1. The first kappa shape index (κ1) is 22.7. The molecule has 0 unspecified atom stereocenters. The molecular weight excluding hydrogens is 366 g/mol. The predicted molar refractivity (Wildman–Crippen MR) is 116 cm³/mol. The summed E-state index contributed by atoms with van der Waals surface area (Å²) >= 11 is 0. The first-order valence-corrected chi connectivity index (χ1v) is 10.00. The molecule has 0 aliphatic carbocycles. The Labute approximate surface area is 173 Å². The number of carbonyl (C=O) groups excluding carboxylic acids is 2. The highest BCUT2D eigenvalue weighted by atomic mass is 16.5. The molecule has 0 radical (unpaired) electrons. The van der Waals surface area contributed by atoms with Crippen molar-refractivity contribution in [2.75, 3.05) is 12.4 Å². The third-order valence-corrected chi connectivity index (χ3v) is 4.60. The number of ketones is 1. The lowest BCUT2D eigenvalue weighted by atomic mass is 9.92. The first-order valence-electron chi connectivity index (χ1n) is 10.00. The maximum atomic E-state index is 12.5. The quantitative estimate of drug-likeness (QED) is 0.670. The number of hydrogen-bond donors (Lipinski definition) is 1. The molecule has 1 heterocycles. The Hall–Kier alpha value is -2.63. The average molecular weight is 400 g/mol. The summed E-state index contributed by atoms with van der Waals surface area (Å²) in [5, 5.41) is 7.68. The SMILES string of the molecule is COc1ccc(C(=O)CCCC(=O)Nc2cc(C(C)(C)C)nn2C(C)(C)C)cc1. The molecule has 1 N–H and O–H groups in total. The second kappa shape index (κ2) is 8.80. The van der Waals surface area contributed by atoms with Crippen molar-refractivity contribution in [1.82, 2.24) is 9.78 Å². The average Bonchev–Trinajstić information content (AvgIpc) is 3.06. The molecule has 0 saturated heterocycles. The van der Waals surface area contributed by atoms with Gasteiger partial charge in [0.05, 0.1) is 18.3 Å². The van der Waals surface area contributed by atoms with Gasteiger partial charge in [-0.05, 0) is 51.5 Å². The lowest BCUT2D eigenvalue weighted by Crippen LogP contribution is -2.27. The fourth-order valence-electron chi connectivity index (χ4n) is 2.88. The molecule has 0 fully saturated rings. The monoisotopic (exact) mass is 399 g/mol. The predicted octanol–water partition coefficient (Wildman–Crippen LogP) is 4.94. The van der Waals surface area contributed by atoms with Crippen molar-refractivity contribution in [1.29, 1.82) is 0 Å². The summed E-state index contributed by atoms with van der Waals surface area (Å²) in [7, 11) is 1.59. The summed E-state index contributed by atoms with van der Waals surface area (Å²) in [5.41, 5.74) is 1.20. The van der Waals surface area contributed by atoms with Gasteiger partial charge in [0, 0.05) is 29.9 Å². The molecule has 0 aliphatic rings. The summed E-state index contributed by atoms with van der Waals surface area (Å²) in [5.74, 6) is 1.31. The molecule has 0 aliphatic heterocycles. The molecule has 29 heavy (non-hydrogen) atoms. The molecule has 2 rings (SSSR count). The van der Waals surface area contributed by atoms with Crippen LogP contribution in [0.5, 0.6) is 5.75 Å². The highest BCUT2D eigenvalue weighted by Gasteiger charge is 2.25. The number of carbonyl (C=O) groups is 2. The van der Waals surface area contributed by atoms with Gasteiger partial charge in [0.1, 0.15) is 11.6 Å². The minimum Gasteiger partial charge on any atom is -0.497 e. The molecule has 158 valence electrons. The van der Waals surface area contributed by atoms with Gasteiger partial charge in [0.2, 0.25) is 5.91 Å². The van der Waals surface area contributed by atoms with Gasteiger partial charge in [-0.25, -0.2) is 4.68 Å².